The molecular weight excluding hydrogens is 785 g/mol. The molecule has 19 nitrogen and oxygen atoms in total. The summed E-state index contributed by atoms with van der Waals surface area (Å²) in [6, 6.07) is -7.29. The average Bonchev–Trinajstić information content (AvgIpc) is 3.76. The van der Waals surface area contributed by atoms with Crippen LogP contribution in [0, 0.1) is 23.7 Å². The third-order valence-corrected chi connectivity index (χ3v) is 11.7. The van der Waals surface area contributed by atoms with E-state index in [9.17, 15) is 33.6 Å². The molecular formula is C42H78N12O7. The van der Waals surface area contributed by atoms with Gasteiger partial charge in [-0.25, -0.2) is 4.98 Å². The summed E-state index contributed by atoms with van der Waals surface area (Å²) in [6.45, 7) is 15.4. The first-order valence-corrected chi connectivity index (χ1v) is 22.1. The molecule has 0 aliphatic carbocycles. The number of imidazole rings is 1. The molecule has 0 saturated carbocycles. The van der Waals surface area contributed by atoms with Crippen molar-refractivity contribution in [2.45, 2.75) is 168 Å². The molecule has 1 rings (SSSR count). The SMILES string of the molecule is CC[C@H](C)[C@H](NC(=O)[C@H](CCCCN)NC(=O)[C@@H](NC(=O)[C@@H](NC(=O)[C@@H](N)Cc1cnc[nH]1)[C@@H](C)CC)[C@@H](C)CC)C(=O)N[C@H](C(=O)N[C@@H](CCCCN)C(N)=O)[C@@H](C)CC. The number of aromatic nitrogens is 2. The number of hydrogen-bond donors (Lipinski definition) is 11. The highest BCUT2D eigenvalue weighted by Crippen LogP contribution is 2.16. The summed E-state index contributed by atoms with van der Waals surface area (Å²) in [5.41, 5.74) is 23.8. The Bertz CT molecular complexity index is 1510. The van der Waals surface area contributed by atoms with Crippen molar-refractivity contribution < 1.29 is 33.6 Å². The van der Waals surface area contributed by atoms with Crippen molar-refractivity contribution in [1.82, 2.24) is 41.9 Å². The van der Waals surface area contributed by atoms with E-state index >= 15 is 0 Å². The molecule has 0 unspecified atom stereocenters. The van der Waals surface area contributed by atoms with E-state index in [-0.39, 0.29) is 30.6 Å². The van der Waals surface area contributed by atoms with E-state index in [4.69, 9.17) is 22.9 Å². The number of nitrogens with two attached hydrogens (primary N) is 4. The summed E-state index contributed by atoms with van der Waals surface area (Å²) in [4.78, 5) is 102. The Kier molecular flexibility index (Phi) is 25.7. The van der Waals surface area contributed by atoms with Gasteiger partial charge in [0.05, 0.1) is 12.4 Å². The summed E-state index contributed by atoms with van der Waals surface area (Å²) in [5.74, 6) is -5.71. The summed E-state index contributed by atoms with van der Waals surface area (Å²) >= 11 is 0. The van der Waals surface area contributed by atoms with Gasteiger partial charge in [0, 0.05) is 18.3 Å². The topological polar surface area (TPSA) is 324 Å². The molecule has 7 amide bonds. The van der Waals surface area contributed by atoms with Gasteiger partial charge in [0.2, 0.25) is 41.4 Å². The van der Waals surface area contributed by atoms with E-state index in [1.165, 1.54) is 6.33 Å². The number of unbranched alkanes of at least 4 members (excludes halogenated alkanes) is 2. The number of carbonyl (C=O) groups excluding carboxylic acids is 7. The van der Waals surface area contributed by atoms with E-state index in [1.807, 2.05) is 34.6 Å². The van der Waals surface area contributed by atoms with Crippen LogP contribution in [-0.4, -0.2) is 107 Å². The highest BCUT2D eigenvalue weighted by molar-refractivity contribution is 5.97. The maximum atomic E-state index is 14.2. The molecule has 15 N–H and O–H groups in total. The Labute approximate surface area is 362 Å². The van der Waals surface area contributed by atoms with Gasteiger partial charge in [-0.3, -0.25) is 33.6 Å². The number of nitrogens with one attached hydrogen (secondary N) is 7. The second-order valence-corrected chi connectivity index (χ2v) is 16.5. The van der Waals surface area contributed by atoms with Crippen LogP contribution in [0.1, 0.15) is 125 Å². The van der Waals surface area contributed by atoms with E-state index in [0.29, 0.717) is 76.6 Å². The minimum Gasteiger partial charge on any atom is -0.368 e. The monoisotopic (exact) mass is 863 g/mol. The van der Waals surface area contributed by atoms with Gasteiger partial charge in [-0.15, -0.1) is 0 Å². The van der Waals surface area contributed by atoms with E-state index in [2.05, 4.69) is 41.9 Å². The lowest BCUT2D eigenvalue weighted by Gasteiger charge is -2.32. The van der Waals surface area contributed by atoms with Gasteiger partial charge in [0.1, 0.15) is 36.3 Å². The molecule has 0 aliphatic rings. The molecule has 0 fully saturated rings. The molecule has 11 atom stereocenters. The maximum absolute atomic E-state index is 14.2. The van der Waals surface area contributed by atoms with Crippen LogP contribution in [0.5, 0.6) is 0 Å². The number of H-pyrrole nitrogens is 1. The molecule has 0 radical (unpaired) electrons. The van der Waals surface area contributed by atoms with Crippen LogP contribution < -0.4 is 54.8 Å². The van der Waals surface area contributed by atoms with Crippen molar-refractivity contribution in [2.24, 2.45) is 46.6 Å². The summed E-state index contributed by atoms with van der Waals surface area (Å²) < 4.78 is 0. The van der Waals surface area contributed by atoms with Crippen LogP contribution in [0.4, 0.5) is 0 Å². The van der Waals surface area contributed by atoms with Gasteiger partial charge in [-0.05, 0) is 75.3 Å². The second kappa shape index (κ2) is 28.8. The minimum absolute atomic E-state index is 0.173. The molecule has 19 heteroatoms. The van der Waals surface area contributed by atoms with Gasteiger partial charge in [-0.1, -0.05) is 81.1 Å². The summed E-state index contributed by atoms with van der Waals surface area (Å²) in [7, 11) is 0. The Morgan fingerprint density at radius 3 is 1.28 bits per heavy atom. The van der Waals surface area contributed by atoms with Crippen molar-refractivity contribution in [3.05, 3.63) is 18.2 Å². The van der Waals surface area contributed by atoms with Crippen molar-refractivity contribution in [2.75, 3.05) is 13.1 Å². The highest BCUT2D eigenvalue weighted by atomic mass is 16.2. The Morgan fingerprint density at radius 2 is 0.918 bits per heavy atom. The second-order valence-electron chi connectivity index (χ2n) is 16.5. The molecule has 1 aromatic heterocycles. The van der Waals surface area contributed by atoms with Crippen molar-refractivity contribution >= 4 is 41.4 Å². The highest BCUT2D eigenvalue weighted by Gasteiger charge is 2.37. The van der Waals surface area contributed by atoms with Crippen LogP contribution in [0.3, 0.4) is 0 Å². The van der Waals surface area contributed by atoms with Crippen molar-refractivity contribution in [1.29, 1.82) is 0 Å². The van der Waals surface area contributed by atoms with Crippen LogP contribution in [0.25, 0.3) is 0 Å². The molecule has 0 aromatic carbocycles. The van der Waals surface area contributed by atoms with Gasteiger partial charge in [-0.2, -0.15) is 0 Å². The first-order valence-electron chi connectivity index (χ1n) is 22.1. The smallest absolute Gasteiger partial charge is 0.243 e. The van der Waals surface area contributed by atoms with Gasteiger partial charge in [0.25, 0.3) is 0 Å². The lowest BCUT2D eigenvalue weighted by Crippen LogP contribution is -2.62. The molecule has 1 heterocycles. The number of nitrogens with zero attached hydrogens (tertiary/aromatic N) is 1. The Morgan fingerprint density at radius 1 is 0.557 bits per heavy atom. The summed E-state index contributed by atoms with van der Waals surface area (Å²) in [5, 5.41) is 16.8. The molecule has 0 bridgehead atoms. The first-order chi connectivity index (χ1) is 28.9. The third-order valence-electron chi connectivity index (χ3n) is 11.7. The fourth-order valence-corrected chi connectivity index (χ4v) is 6.60. The van der Waals surface area contributed by atoms with E-state index in [0.717, 1.165) is 0 Å². The first kappa shape index (κ1) is 54.4. The minimum atomic E-state index is -1.12. The zero-order valence-electron chi connectivity index (χ0n) is 37.8. The molecule has 0 saturated heterocycles. The Hall–Kier alpha value is -4.62. The fraction of sp³-hybridized carbons (Fsp3) is 0.762. The largest absolute Gasteiger partial charge is 0.368 e. The van der Waals surface area contributed by atoms with Crippen molar-refractivity contribution in [3.8, 4) is 0 Å². The normalized spacial score (nSPS) is 16.8. The number of hydrogen-bond acceptors (Lipinski definition) is 11. The Balaban J connectivity index is 3.35. The standard InChI is InChI=1S/C42H78N12O7/c1-9-24(5)32(39(58)49-30(36(46)55)17-13-15-19-43)53-42(61)35(27(8)12-4)52-38(57)31(18-14-16-20-44)50-40(59)33(25(6)10-2)54-41(60)34(26(7)11-3)51-37(56)29(45)21-28-22-47-23-48-28/h22-27,29-35H,9-21,43-45H2,1-8H3,(H2,46,55)(H,47,48)(H,49,58)(H,50,59)(H,51,56)(H,52,57)(H,53,61)(H,54,60)/t24-,25-,26-,27-,29-,30-,31-,32-,33-,34-,35-/m0/s1. The summed E-state index contributed by atoms with van der Waals surface area (Å²) in [6.07, 6.45) is 7.96. The zero-order chi connectivity index (χ0) is 46.2. The van der Waals surface area contributed by atoms with Gasteiger partial charge >= 0.3 is 0 Å². The number of aromatic amines is 1. The predicted molar refractivity (Wildman–Crippen MR) is 235 cm³/mol. The zero-order valence-corrected chi connectivity index (χ0v) is 37.8. The quantitative estimate of drug-likeness (QED) is 0.0446. The van der Waals surface area contributed by atoms with Gasteiger partial charge < -0.3 is 59.8 Å². The molecule has 0 spiro atoms. The van der Waals surface area contributed by atoms with E-state index in [1.54, 1.807) is 27.0 Å². The van der Waals surface area contributed by atoms with Crippen LogP contribution in [0.15, 0.2) is 12.5 Å². The van der Waals surface area contributed by atoms with Gasteiger partial charge in [0.15, 0.2) is 0 Å². The van der Waals surface area contributed by atoms with E-state index < -0.39 is 89.6 Å². The van der Waals surface area contributed by atoms with Crippen molar-refractivity contribution in [3.63, 3.8) is 0 Å². The maximum Gasteiger partial charge on any atom is 0.243 e. The number of rotatable bonds is 31. The lowest BCUT2D eigenvalue weighted by atomic mass is 9.93. The number of amides is 7. The molecule has 61 heavy (non-hydrogen) atoms. The van der Waals surface area contributed by atoms with Crippen LogP contribution in [0.2, 0.25) is 0 Å². The number of carbonyl (C=O) groups is 7. The molecule has 348 valence electrons. The molecule has 1 aromatic rings. The predicted octanol–water partition coefficient (Wildman–Crippen LogP) is 0.116. The lowest BCUT2D eigenvalue weighted by molar-refractivity contribution is -0.137. The van der Waals surface area contributed by atoms with Crippen LogP contribution in [-0.2, 0) is 40.0 Å². The number of primary amides is 1. The fourth-order valence-electron chi connectivity index (χ4n) is 6.60. The average molecular weight is 863 g/mol. The third kappa shape index (κ3) is 18.5. The van der Waals surface area contributed by atoms with Crippen LogP contribution >= 0.6 is 0 Å². The molecule has 0 aliphatic heterocycles.